The summed E-state index contributed by atoms with van der Waals surface area (Å²) >= 11 is 0. The molecule has 0 amide bonds. The smallest absolute Gasteiger partial charge is 0.298 e. The Hall–Kier alpha value is -2.34. The first-order chi connectivity index (χ1) is 10.7. The van der Waals surface area contributed by atoms with E-state index in [1.54, 1.807) is 18.2 Å². The number of benzene rings is 2. The van der Waals surface area contributed by atoms with Crippen LogP contribution in [0.5, 0.6) is 5.75 Å². The van der Waals surface area contributed by atoms with E-state index in [-0.39, 0.29) is 5.56 Å². The summed E-state index contributed by atoms with van der Waals surface area (Å²) in [5.74, 6) is 2.40. The van der Waals surface area contributed by atoms with Crippen LogP contribution < -0.4 is 4.74 Å². The van der Waals surface area contributed by atoms with E-state index in [0.29, 0.717) is 29.4 Å². The molecule has 0 atom stereocenters. The number of hydrogen-bond donors (Lipinski definition) is 0. The van der Waals surface area contributed by atoms with Crippen molar-refractivity contribution in [2.75, 3.05) is 0 Å². The molecule has 0 aromatic heterocycles. The summed E-state index contributed by atoms with van der Waals surface area (Å²) < 4.78 is 18.5. The van der Waals surface area contributed by atoms with Crippen LogP contribution in [-0.4, -0.2) is 6.47 Å². The average molecular weight is 314 g/mol. The van der Waals surface area contributed by atoms with Gasteiger partial charge in [-0.25, -0.2) is 4.39 Å². The normalized spacial score (nSPS) is 10.5. The molecule has 0 aliphatic heterocycles. The third-order valence-electron chi connectivity index (χ3n) is 2.83. The van der Waals surface area contributed by atoms with Crippen molar-refractivity contribution in [3.63, 3.8) is 0 Å². The van der Waals surface area contributed by atoms with E-state index in [1.807, 2.05) is 6.92 Å². The minimum absolute atomic E-state index is 0.252. The number of halogens is 1. The summed E-state index contributed by atoms with van der Waals surface area (Å²) in [5.41, 5.74) is 1.61. The highest BCUT2D eigenvalue weighted by atomic mass is 19.1. The van der Waals surface area contributed by atoms with Crippen LogP contribution in [0.1, 0.15) is 45.7 Å². The topological polar surface area (TPSA) is 26.3 Å². The number of carbonyl (C=O) groups excluding carboxylic acids is 1. The van der Waals surface area contributed by atoms with E-state index in [9.17, 15) is 9.18 Å². The standard InChI is InChI=1S/C15H11FO2.C5H12/c1-3-10-7-12(18-9-17)8-11-5-6-14(16)13(4-2)15(10)11;1-5(2,3)4/h2,5-9H,3H2,1H3;1-4H3. The van der Waals surface area contributed by atoms with Crippen molar-refractivity contribution in [1.29, 1.82) is 0 Å². The summed E-state index contributed by atoms with van der Waals surface area (Å²) in [6.45, 7) is 11.1. The van der Waals surface area contributed by atoms with Crippen LogP contribution in [0.3, 0.4) is 0 Å². The highest BCUT2D eigenvalue weighted by Gasteiger charge is 2.11. The molecule has 0 heterocycles. The van der Waals surface area contributed by atoms with Gasteiger partial charge < -0.3 is 4.74 Å². The van der Waals surface area contributed by atoms with Crippen LogP contribution in [0, 0.1) is 23.6 Å². The molecule has 122 valence electrons. The van der Waals surface area contributed by atoms with Crippen LogP contribution in [0.25, 0.3) is 10.8 Å². The van der Waals surface area contributed by atoms with Gasteiger partial charge in [0.2, 0.25) is 0 Å². The Morgan fingerprint density at radius 3 is 2.35 bits per heavy atom. The highest BCUT2D eigenvalue weighted by Crippen LogP contribution is 2.29. The minimum atomic E-state index is -0.413. The van der Waals surface area contributed by atoms with E-state index in [4.69, 9.17) is 11.2 Å². The summed E-state index contributed by atoms with van der Waals surface area (Å²) in [6, 6.07) is 6.32. The van der Waals surface area contributed by atoms with E-state index >= 15 is 0 Å². The fourth-order valence-electron chi connectivity index (χ4n) is 2.04. The van der Waals surface area contributed by atoms with E-state index < -0.39 is 5.82 Å². The molecule has 0 saturated carbocycles. The van der Waals surface area contributed by atoms with Gasteiger partial charge in [-0.05, 0) is 41.0 Å². The van der Waals surface area contributed by atoms with Crippen LogP contribution in [-0.2, 0) is 11.2 Å². The molecule has 0 aliphatic rings. The summed E-state index contributed by atoms with van der Waals surface area (Å²) in [5, 5.41) is 1.47. The monoisotopic (exact) mass is 314 g/mol. The number of hydrogen-bond acceptors (Lipinski definition) is 2. The van der Waals surface area contributed by atoms with Crippen molar-refractivity contribution in [2.45, 2.75) is 41.0 Å². The summed E-state index contributed by atoms with van der Waals surface area (Å²) in [6.07, 6.45) is 6.03. The van der Waals surface area contributed by atoms with Gasteiger partial charge in [-0.2, -0.15) is 0 Å². The zero-order valence-electron chi connectivity index (χ0n) is 14.4. The maximum Gasteiger partial charge on any atom is 0.298 e. The third-order valence-corrected chi connectivity index (χ3v) is 2.83. The number of fused-ring (bicyclic) bond motifs is 1. The molecular formula is C20H23FO2. The Morgan fingerprint density at radius 1 is 1.26 bits per heavy atom. The molecule has 0 fully saturated rings. The Kier molecular flexibility index (Phi) is 6.33. The van der Waals surface area contributed by atoms with Crippen molar-refractivity contribution in [3.8, 4) is 18.1 Å². The lowest BCUT2D eigenvalue weighted by Crippen LogP contribution is -1.95. The first-order valence-corrected chi connectivity index (χ1v) is 7.53. The fraction of sp³-hybridized carbons (Fsp3) is 0.350. The largest absolute Gasteiger partial charge is 0.429 e. The van der Waals surface area contributed by atoms with Crippen LogP contribution in [0.15, 0.2) is 24.3 Å². The summed E-state index contributed by atoms with van der Waals surface area (Å²) in [7, 11) is 0. The zero-order valence-corrected chi connectivity index (χ0v) is 14.4. The zero-order chi connectivity index (χ0) is 17.6. The van der Waals surface area contributed by atoms with Crippen molar-refractivity contribution >= 4 is 17.2 Å². The second-order valence-electron chi connectivity index (χ2n) is 6.81. The molecule has 2 aromatic rings. The quantitative estimate of drug-likeness (QED) is 0.581. The van der Waals surface area contributed by atoms with Crippen LogP contribution in [0.4, 0.5) is 4.39 Å². The number of rotatable bonds is 3. The molecule has 0 radical (unpaired) electrons. The molecule has 23 heavy (non-hydrogen) atoms. The second-order valence-corrected chi connectivity index (χ2v) is 6.81. The molecule has 0 unspecified atom stereocenters. The van der Waals surface area contributed by atoms with Crippen LogP contribution in [0.2, 0.25) is 0 Å². The maximum atomic E-state index is 13.7. The van der Waals surface area contributed by atoms with E-state index in [1.165, 1.54) is 6.07 Å². The SMILES string of the molecule is C#Cc1c(F)ccc2cc(OC=O)cc(CC)c12.CC(C)(C)C. The molecule has 0 spiro atoms. The molecule has 3 heteroatoms. The predicted octanol–water partition coefficient (Wildman–Crippen LogP) is 5.11. The molecule has 2 aromatic carbocycles. The number of aryl methyl sites for hydroxylation is 1. The van der Waals surface area contributed by atoms with Crippen molar-refractivity contribution in [3.05, 3.63) is 41.2 Å². The van der Waals surface area contributed by atoms with Gasteiger partial charge in [0.1, 0.15) is 11.6 Å². The van der Waals surface area contributed by atoms with Gasteiger partial charge in [-0.15, -0.1) is 6.42 Å². The fourth-order valence-corrected chi connectivity index (χ4v) is 2.04. The third kappa shape index (κ3) is 5.41. The Labute approximate surface area is 137 Å². The average Bonchev–Trinajstić information content (AvgIpc) is 2.45. The second kappa shape index (κ2) is 7.78. The molecule has 0 bridgehead atoms. The highest BCUT2D eigenvalue weighted by molar-refractivity contribution is 5.92. The Bertz CT molecular complexity index is 728. The summed E-state index contributed by atoms with van der Waals surface area (Å²) in [4.78, 5) is 10.4. The molecule has 2 nitrogen and oxygen atoms in total. The minimum Gasteiger partial charge on any atom is -0.429 e. The number of ether oxygens (including phenoxy) is 1. The van der Waals surface area contributed by atoms with Gasteiger partial charge in [0, 0.05) is 5.39 Å². The lowest BCUT2D eigenvalue weighted by Gasteiger charge is -2.10. The van der Waals surface area contributed by atoms with Crippen LogP contribution >= 0.6 is 0 Å². The molecule has 2 rings (SSSR count). The first-order valence-electron chi connectivity index (χ1n) is 7.53. The van der Waals surface area contributed by atoms with Crippen molar-refractivity contribution in [2.24, 2.45) is 5.41 Å². The maximum absolute atomic E-state index is 13.7. The number of terminal acetylenes is 1. The van der Waals surface area contributed by atoms with Gasteiger partial charge in [0.25, 0.3) is 6.47 Å². The van der Waals surface area contributed by atoms with E-state index in [2.05, 4.69) is 33.6 Å². The molecular weight excluding hydrogens is 291 g/mol. The van der Waals surface area contributed by atoms with Gasteiger partial charge in [-0.3, -0.25) is 4.79 Å². The lowest BCUT2D eigenvalue weighted by atomic mass is 9.97. The predicted molar refractivity (Wildman–Crippen MR) is 93.0 cm³/mol. The van der Waals surface area contributed by atoms with Crippen molar-refractivity contribution in [1.82, 2.24) is 0 Å². The van der Waals surface area contributed by atoms with Gasteiger partial charge >= 0.3 is 0 Å². The molecule has 0 N–H and O–H groups in total. The Morgan fingerprint density at radius 2 is 1.87 bits per heavy atom. The number of carbonyl (C=O) groups is 1. The Balaban J connectivity index is 0.000000463. The first kappa shape index (κ1) is 18.7. The van der Waals surface area contributed by atoms with E-state index in [0.717, 1.165) is 10.9 Å². The van der Waals surface area contributed by atoms with Gasteiger partial charge in [0.05, 0.1) is 5.56 Å². The van der Waals surface area contributed by atoms with Gasteiger partial charge in [-0.1, -0.05) is 46.6 Å². The molecule has 0 aliphatic carbocycles. The van der Waals surface area contributed by atoms with Crippen molar-refractivity contribution < 1.29 is 13.9 Å². The lowest BCUT2D eigenvalue weighted by molar-refractivity contribution is -0.120. The molecule has 0 saturated heterocycles. The van der Waals surface area contributed by atoms with Gasteiger partial charge in [0.15, 0.2) is 0 Å².